The molecule has 0 radical (unpaired) electrons. The second kappa shape index (κ2) is 6.49. The van der Waals surface area contributed by atoms with Crippen LogP contribution in [0.2, 0.25) is 0 Å². The zero-order chi connectivity index (χ0) is 15.6. The summed E-state index contributed by atoms with van der Waals surface area (Å²) in [4.78, 5) is 13.8. The van der Waals surface area contributed by atoms with Crippen LogP contribution in [0.15, 0.2) is 18.2 Å². The van der Waals surface area contributed by atoms with Gasteiger partial charge in [-0.2, -0.15) is 0 Å². The first-order chi connectivity index (χ1) is 9.88. The molecular formula is C15H20F2N2O2. The SMILES string of the molecule is CC(C(=O)Nc1ccc(F)c(F)c1)N(C)CC(O)C1CC1. The van der Waals surface area contributed by atoms with Crippen molar-refractivity contribution in [1.29, 1.82) is 0 Å². The summed E-state index contributed by atoms with van der Waals surface area (Å²) < 4.78 is 25.9. The van der Waals surface area contributed by atoms with Crippen LogP contribution in [0.5, 0.6) is 0 Å². The Hall–Kier alpha value is -1.53. The van der Waals surface area contributed by atoms with Crippen molar-refractivity contribution in [3.05, 3.63) is 29.8 Å². The average molecular weight is 298 g/mol. The number of benzene rings is 1. The number of anilines is 1. The zero-order valence-electron chi connectivity index (χ0n) is 12.1. The molecule has 2 atom stereocenters. The molecule has 0 spiro atoms. The van der Waals surface area contributed by atoms with E-state index in [1.807, 2.05) is 0 Å². The normalized spacial score (nSPS) is 17.6. The number of carbonyl (C=O) groups excluding carboxylic acids is 1. The number of amides is 1. The number of likely N-dealkylation sites (N-methyl/N-ethyl adjacent to an activating group) is 1. The minimum absolute atomic E-state index is 0.210. The minimum Gasteiger partial charge on any atom is -0.392 e. The molecule has 2 unspecified atom stereocenters. The van der Waals surface area contributed by atoms with Crippen LogP contribution in [-0.2, 0) is 4.79 Å². The van der Waals surface area contributed by atoms with E-state index < -0.39 is 23.8 Å². The largest absolute Gasteiger partial charge is 0.392 e. The Bertz CT molecular complexity index is 520. The summed E-state index contributed by atoms with van der Waals surface area (Å²) in [6.45, 7) is 2.12. The van der Waals surface area contributed by atoms with Crippen LogP contribution in [0.1, 0.15) is 19.8 Å². The Kier molecular flexibility index (Phi) is 4.90. The smallest absolute Gasteiger partial charge is 0.241 e. The quantitative estimate of drug-likeness (QED) is 0.844. The van der Waals surface area contributed by atoms with E-state index in [2.05, 4.69) is 5.32 Å². The summed E-state index contributed by atoms with van der Waals surface area (Å²) in [5, 5.41) is 12.4. The van der Waals surface area contributed by atoms with Crippen LogP contribution in [-0.4, -0.2) is 41.7 Å². The highest BCUT2D eigenvalue weighted by Gasteiger charge is 2.31. The van der Waals surface area contributed by atoms with Crippen molar-refractivity contribution >= 4 is 11.6 Å². The van der Waals surface area contributed by atoms with Gasteiger partial charge in [0, 0.05) is 18.3 Å². The third-order valence-electron chi connectivity index (χ3n) is 3.87. The maximum Gasteiger partial charge on any atom is 0.241 e. The third-order valence-corrected chi connectivity index (χ3v) is 3.87. The fourth-order valence-electron chi connectivity index (χ4n) is 2.10. The molecule has 0 heterocycles. The van der Waals surface area contributed by atoms with Gasteiger partial charge < -0.3 is 10.4 Å². The molecule has 1 aromatic rings. The first-order valence-electron chi connectivity index (χ1n) is 7.02. The molecule has 0 aliphatic heterocycles. The number of aliphatic hydroxyl groups is 1. The maximum atomic E-state index is 13.1. The van der Waals surface area contributed by atoms with E-state index in [0.717, 1.165) is 25.0 Å². The molecule has 1 aliphatic carbocycles. The number of rotatable bonds is 6. The predicted molar refractivity (Wildman–Crippen MR) is 75.8 cm³/mol. The third kappa shape index (κ3) is 4.22. The number of hydrogen-bond donors (Lipinski definition) is 2. The molecule has 1 aromatic carbocycles. The molecule has 21 heavy (non-hydrogen) atoms. The molecule has 0 aromatic heterocycles. The highest BCUT2D eigenvalue weighted by atomic mass is 19.2. The standard InChI is InChI=1S/C15H20F2N2O2/c1-9(19(2)8-14(20)10-3-4-10)15(21)18-11-5-6-12(16)13(17)7-11/h5-7,9-10,14,20H,3-4,8H2,1-2H3,(H,18,21). The van der Waals surface area contributed by atoms with Crippen LogP contribution in [0.25, 0.3) is 0 Å². The molecule has 1 aliphatic rings. The van der Waals surface area contributed by atoms with Crippen molar-refractivity contribution < 1.29 is 18.7 Å². The van der Waals surface area contributed by atoms with Gasteiger partial charge in [-0.3, -0.25) is 9.69 Å². The topological polar surface area (TPSA) is 52.6 Å². The number of hydrogen-bond acceptors (Lipinski definition) is 3. The van der Waals surface area contributed by atoms with Crippen LogP contribution in [0, 0.1) is 17.6 Å². The Balaban J connectivity index is 1.90. The van der Waals surface area contributed by atoms with Gasteiger partial charge in [0.05, 0.1) is 12.1 Å². The van der Waals surface area contributed by atoms with Crippen LogP contribution in [0.3, 0.4) is 0 Å². The van der Waals surface area contributed by atoms with Crippen LogP contribution >= 0.6 is 0 Å². The second-order valence-electron chi connectivity index (χ2n) is 5.64. The van der Waals surface area contributed by atoms with E-state index in [4.69, 9.17) is 0 Å². The first kappa shape index (κ1) is 15.9. The lowest BCUT2D eigenvalue weighted by molar-refractivity contribution is -0.120. The summed E-state index contributed by atoms with van der Waals surface area (Å²) in [5.41, 5.74) is 0.210. The lowest BCUT2D eigenvalue weighted by atomic mass is 10.2. The van der Waals surface area contributed by atoms with Crippen molar-refractivity contribution in [2.45, 2.75) is 31.9 Å². The van der Waals surface area contributed by atoms with E-state index in [1.165, 1.54) is 6.07 Å². The summed E-state index contributed by atoms with van der Waals surface area (Å²) in [6, 6.07) is 2.74. The first-order valence-corrected chi connectivity index (χ1v) is 7.02. The van der Waals surface area contributed by atoms with E-state index in [1.54, 1.807) is 18.9 Å². The van der Waals surface area contributed by atoms with Gasteiger partial charge in [0.2, 0.25) is 5.91 Å². The Morgan fingerprint density at radius 3 is 2.67 bits per heavy atom. The lowest BCUT2D eigenvalue weighted by Crippen LogP contribution is -2.43. The monoisotopic (exact) mass is 298 g/mol. The fraction of sp³-hybridized carbons (Fsp3) is 0.533. The van der Waals surface area contributed by atoms with Crippen molar-refractivity contribution in [1.82, 2.24) is 4.90 Å². The van der Waals surface area contributed by atoms with Gasteiger partial charge in [0.15, 0.2) is 11.6 Å². The molecule has 4 nitrogen and oxygen atoms in total. The van der Waals surface area contributed by atoms with Gasteiger partial charge in [-0.05, 0) is 44.9 Å². The van der Waals surface area contributed by atoms with E-state index in [0.29, 0.717) is 12.5 Å². The molecule has 116 valence electrons. The number of halogens is 2. The molecule has 2 N–H and O–H groups in total. The highest BCUT2D eigenvalue weighted by Crippen LogP contribution is 2.32. The zero-order valence-corrected chi connectivity index (χ0v) is 12.1. The molecule has 0 saturated heterocycles. The molecular weight excluding hydrogens is 278 g/mol. The molecule has 1 amide bonds. The highest BCUT2D eigenvalue weighted by molar-refractivity contribution is 5.94. The van der Waals surface area contributed by atoms with Crippen molar-refractivity contribution in [2.24, 2.45) is 5.92 Å². The molecule has 2 rings (SSSR count). The van der Waals surface area contributed by atoms with Crippen LogP contribution < -0.4 is 5.32 Å². The van der Waals surface area contributed by atoms with Gasteiger partial charge in [-0.15, -0.1) is 0 Å². The molecule has 6 heteroatoms. The van der Waals surface area contributed by atoms with Crippen molar-refractivity contribution in [3.8, 4) is 0 Å². The Morgan fingerprint density at radius 2 is 2.10 bits per heavy atom. The summed E-state index contributed by atoms with van der Waals surface area (Å²) in [5.74, 6) is -1.94. The lowest BCUT2D eigenvalue weighted by Gasteiger charge is -2.26. The Labute approximate surface area is 122 Å². The predicted octanol–water partition coefficient (Wildman–Crippen LogP) is 1.99. The van der Waals surface area contributed by atoms with E-state index >= 15 is 0 Å². The Morgan fingerprint density at radius 1 is 1.43 bits per heavy atom. The van der Waals surface area contributed by atoms with E-state index in [-0.39, 0.29) is 11.6 Å². The van der Waals surface area contributed by atoms with Crippen LogP contribution in [0.4, 0.5) is 14.5 Å². The summed E-state index contributed by atoms with van der Waals surface area (Å²) in [7, 11) is 1.75. The summed E-state index contributed by atoms with van der Waals surface area (Å²) in [6.07, 6.45) is 1.64. The fourth-order valence-corrected chi connectivity index (χ4v) is 2.10. The van der Waals surface area contributed by atoms with Gasteiger partial charge in [-0.1, -0.05) is 0 Å². The number of aliphatic hydroxyl groups excluding tert-OH is 1. The summed E-state index contributed by atoms with van der Waals surface area (Å²) >= 11 is 0. The molecule has 1 saturated carbocycles. The number of nitrogens with zero attached hydrogens (tertiary/aromatic N) is 1. The number of nitrogens with one attached hydrogen (secondary N) is 1. The van der Waals surface area contributed by atoms with Crippen molar-refractivity contribution in [2.75, 3.05) is 18.9 Å². The average Bonchev–Trinajstić information content (AvgIpc) is 3.26. The molecule has 0 bridgehead atoms. The molecule has 1 fully saturated rings. The van der Waals surface area contributed by atoms with Crippen molar-refractivity contribution in [3.63, 3.8) is 0 Å². The number of carbonyl (C=O) groups is 1. The van der Waals surface area contributed by atoms with Gasteiger partial charge >= 0.3 is 0 Å². The minimum atomic E-state index is -1.00. The van der Waals surface area contributed by atoms with Gasteiger partial charge in [0.1, 0.15) is 0 Å². The van der Waals surface area contributed by atoms with Gasteiger partial charge in [-0.25, -0.2) is 8.78 Å². The maximum absolute atomic E-state index is 13.1. The van der Waals surface area contributed by atoms with Gasteiger partial charge in [0.25, 0.3) is 0 Å². The van der Waals surface area contributed by atoms with E-state index in [9.17, 15) is 18.7 Å². The second-order valence-corrected chi connectivity index (χ2v) is 5.64.